The SMILES string of the molecule is COc1cc([N+](=O)[O-])ccc1OCC(=O)N1C(C)CCC1C. The topological polar surface area (TPSA) is 81.9 Å². The van der Waals surface area contributed by atoms with E-state index in [1.54, 1.807) is 0 Å². The van der Waals surface area contributed by atoms with Gasteiger partial charge in [-0.2, -0.15) is 0 Å². The summed E-state index contributed by atoms with van der Waals surface area (Å²) in [6.07, 6.45) is 1.99. The molecule has 0 aliphatic carbocycles. The van der Waals surface area contributed by atoms with Gasteiger partial charge >= 0.3 is 0 Å². The van der Waals surface area contributed by atoms with Crippen molar-refractivity contribution in [3.8, 4) is 11.5 Å². The molecule has 1 fully saturated rings. The van der Waals surface area contributed by atoms with Gasteiger partial charge in [-0.25, -0.2) is 0 Å². The number of carbonyl (C=O) groups is 1. The predicted octanol–water partition coefficient (Wildman–Crippen LogP) is 2.38. The van der Waals surface area contributed by atoms with Gasteiger partial charge in [0, 0.05) is 18.2 Å². The number of nitro benzene ring substituents is 1. The smallest absolute Gasteiger partial charge is 0.273 e. The Morgan fingerprint density at radius 2 is 1.95 bits per heavy atom. The second kappa shape index (κ2) is 6.64. The molecule has 120 valence electrons. The van der Waals surface area contributed by atoms with Gasteiger partial charge in [-0.05, 0) is 32.8 Å². The summed E-state index contributed by atoms with van der Waals surface area (Å²) in [6.45, 7) is 3.94. The van der Waals surface area contributed by atoms with E-state index in [4.69, 9.17) is 9.47 Å². The van der Waals surface area contributed by atoms with Crippen LogP contribution in [0.5, 0.6) is 11.5 Å². The average molecular weight is 308 g/mol. The van der Waals surface area contributed by atoms with E-state index < -0.39 is 4.92 Å². The molecule has 0 saturated carbocycles. The lowest BCUT2D eigenvalue weighted by Crippen LogP contribution is -2.41. The van der Waals surface area contributed by atoms with Gasteiger partial charge in [0.1, 0.15) is 0 Å². The van der Waals surface area contributed by atoms with Crippen LogP contribution >= 0.6 is 0 Å². The van der Waals surface area contributed by atoms with Crippen LogP contribution in [-0.2, 0) is 4.79 Å². The minimum absolute atomic E-state index is 0.0853. The van der Waals surface area contributed by atoms with Crippen molar-refractivity contribution in [1.82, 2.24) is 4.90 Å². The molecule has 1 aliphatic rings. The molecule has 1 saturated heterocycles. The number of likely N-dealkylation sites (tertiary alicyclic amines) is 1. The fourth-order valence-corrected chi connectivity index (χ4v) is 2.79. The molecule has 7 heteroatoms. The number of nitro groups is 1. The first kappa shape index (κ1) is 16.1. The van der Waals surface area contributed by atoms with Crippen LogP contribution in [0.3, 0.4) is 0 Å². The summed E-state index contributed by atoms with van der Waals surface area (Å²) >= 11 is 0. The van der Waals surface area contributed by atoms with Crippen molar-refractivity contribution in [2.24, 2.45) is 0 Å². The van der Waals surface area contributed by atoms with Crippen LogP contribution in [0.4, 0.5) is 5.69 Å². The molecule has 0 spiro atoms. The van der Waals surface area contributed by atoms with Crippen molar-refractivity contribution >= 4 is 11.6 Å². The summed E-state index contributed by atoms with van der Waals surface area (Å²) in [5.41, 5.74) is -0.0858. The molecule has 1 aromatic rings. The van der Waals surface area contributed by atoms with E-state index in [2.05, 4.69) is 0 Å². The molecule has 2 rings (SSSR count). The third kappa shape index (κ3) is 3.29. The number of amides is 1. The number of methoxy groups -OCH3 is 1. The molecule has 2 unspecified atom stereocenters. The van der Waals surface area contributed by atoms with Crippen molar-refractivity contribution in [3.05, 3.63) is 28.3 Å². The molecule has 2 atom stereocenters. The summed E-state index contributed by atoms with van der Waals surface area (Å²) in [4.78, 5) is 24.3. The Bertz CT molecular complexity index is 565. The largest absolute Gasteiger partial charge is 0.493 e. The van der Waals surface area contributed by atoms with Gasteiger partial charge in [0.2, 0.25) is 0 Å². The Kier molecular flexibility index (Phi) is 4.85. The second-order valence-corrected chi connectivity index (χ2v) is 5.46. The Morgan fingerprint density at radius 3 is 2.50 bits per heavy atom. The van der Waals surface area contributed by atoms with E-state index in [0.29, 0.717) is 5.75 Å². The predicted molar refractivity (Wildman–Crippen MR) is 80.1 cm³/mol. The zero-order chi connectivity index (χ0) is 16.3. The molecular weight excluding hydrogens is 288 g/mol. The minimum Gasteiger partial charge on any atom is -0.493 e. The second-order valence-electron chi connectivity index (χ2n) is 5.46. The van der Waals surface area contributed by atoms with Crippen molar-refractivity contribution in [2.45, 2.75) is 38.8 Å². The van der Waals surface area contributed by atoms with Crippen molar-refractivity contribution in [1.29, 1.82) is 0 Å². The Labute approximate surface area is 129 Å². The molecule has 1 aliphatic heterocycles. The van der Waals surface area contributed by atoms with Gasteiger partial charge in [0.15, 0.2) is 18.1 Å². The summed E-state index contributed by atoms with van der Waals surface area (Å²) in [5, 5.41) is 10.7. The summed E-state index contributed by atoms with van der Waals surface area (Å²) in [5.74, 6) is 0.475. The number of ether oxygens (including phenoxy) is 2. The lowest BCUT2D eigenvalue weighted by atomic mass is 10.2. The standard InChI is InChI=1S/C15H20N2O5/c1-10-4-5-11(2)16(10)15(18)9-22-13-7-6-12(17(19)20)8-14(13)21-3/h6-8,10-11H,4-5,9H2,1-3H3. The van der Waals surface area contributed by atoms with Crippen LogP contribution in [-0.4, -0.2) is 41.5 Å². The molecule has 1 aromatic carbocycles. The first-order chi connectivity index (χ1) is 10.4. The highest BCUT2D eigenvalue weighted by Gasteiger charge is 2.31. The Balaban J connectivity index is 2.05. The maximum absolute atomic E-state index is 12.3. The summed E-state index contributed by atoms with van der Waals surface area (Å²) in [6, 6.07) is 4.47. The third-order valence-electron chi connectivity index (χ3n) is 3.95. The summed E-state index contributed by atoms with van der Waals surface area (Å²) < 4.78 is 10.6. The van der Waals surface area contributed by atoms with E-state index in [0.717, 1.165) is 12.8 Å². The van der Waals surface area contributed by atoms with Gasteiger partial charge < -0.3 is 14.4 Å². The van der Waals surface area contributed by atoms with Gasteiger partial charge in [0.25, 0.3) is 11.6 Å². The van der Waals surface area contributed by atoms with E-state index in [-0.39, 0.29) is 36.0 Å². The third-order valence-corrected chi connectivity index (χ3v) is 3.95. The monoisotopic (exact) mass is 308 g/mol. The lowest BCUT2D eigenvalue weighted by Gasteiger charge is -2.26. The van der Waals surface area contributed by atoms with Gasteiger partial charge in [-0.1, -0.05) is 0 Å². The van der Waals surface area contributed by atoms with E-state index in [1.165, 1.54) is 25.3 Å². The maximum Gasteiger partial charge on any atom is 0.273 e. The van der Waals surface area contributed by atoms with Crippen LogP contribution < -0.4 is 9.47 Å². The number of hydrogen-bond acceptors (Lipinski definition) is 5. The first-order valence-electron chi connectivity index (χ1n) is 7.20. The van der Waals surface area contributed by atoms with Gasteiger partial charge in [-0.3, -0.25) is 14.9 Å². The van der Waals surface area contributed by atoms with Crippen LogP contribution in [0.1, 0.15) is 26.7 Å². The molecule has 1 amide bonds. The zero-order valence-corrected chi connectivity index (χ0v) is 12.9. The fourth-order valence-electron chi connectivity index (χ4n) is 2.79. The highest BCUT2D eigenvalue weighted by atomic mass is 16.6. The molecule has 1 heterocycles. The summed E-state index contributed by atoms with van der Waals surface area (Å²) in [7, 11) is 1.40. The van der Waals surface area contributed by atoms with Crippen LogP contribution in [0.25, 0.3) is 0 Å². The first-order valence-corrected chi connectivity index (χ1v) is 7.20. The minimum atomic E-state index is -0.509. The molecule has 0 bridgehead atoms. The quantitative estimate of drug-likeness (QED) is 0.616. The van der Waals surface area contributed by atoms with Crippen LogP contribution in [0.15, 0.2) is 18.2 Å². The number of hydrogen-bond donors (Lipinski definition) is 0. The zero-order valence-electron chi connectivity index (χ0n) is 12.9. The number of nitrogens with zero attached hydrogens (tertiary/aromatic N) is 2. The van der Waals surface area contributed by atoms with E-state index >= 15 is 0 Å². The Hall–Kier alpha value is -2.31. The Morgan fingerprint density at radius 1 is 1.32 bits per heavy atom. The van der Waals surface area contributed by atoms with Crippen LogP contribution in [0.2, 0.25) is 0 Å². The van der Waals surface area contributed by atoms with Crippen LogP contribution in [0, 0.1) is 10.1 Å². The molecule has 0 N–H and O–H groups in total. The maximum atomic E-state index is 12.3. The van der Waals surface area contributed by atoms with E-state index in [1.807, 2.05) is 18.7 Å². The number of rotatable bonds is 5. The highest BCUT2D eigenvalue weighted by Crippen LogP contribution is 2.31. The molecule has 0 radical (unpaired) electrons. The highest BCUT2D eigenvalue weighted by molar-refractivity contribution is 5.78. The average Bonchev–Trinajstić information content (AvgIpc) is 2.83. The van der Waals surface area contributed by atoms with E-state index in [9.17, 15) is 14.9 Å². The fraction of sp³-hybridized carbons (Fsp3) is 0.533. The molecule has 7 nitrogen and oxygen atoms in total. The van der Waals surface area contributed by atoms with Crippen molar-refractivity contribution in [2.75, 3.05) is 13.7 Å². The van der Waals surface area contributed by atoms with Crippen molar-refractivity contribution < 1.29 is 19.2 Å². The normalized spacial score (nSPS) is 20.8. The van der Waals surface area contributed by atoms with Crippen molar-refractivity contribution in [3.63, 3.8) is 0 Å². The lowest BCUT2D eigenvalue weighted by molar-refractivity contribution is -0.384. The molecule has 0 aromatic heterocycles. The molecular formula is C15H20N2O5. The van der Waals surface area contributed by atoms with Gasteiger partial charge in [-0.15, -0.1) is 0 Å². The number of non-ortho nitro benzene ring substituents is 1. The number of carbonyl (C=O) groups excluding carboxylic acids is 1. The number of benzene rings is 1. The van der Waals surface area contributed by atoms with Gasteiger partial charge in [0.05, 0.1) is 18.1 Å². The molecule has 22 heavy (non-hydrogen) atoms.